The lowest BCUT2D eigenvalue weighted by Gasteiger charge is -2.32. The molecule has 0 unspecified atom stereocenters. The van der Waals surface area contributed by atoms with Crippen LogP contribution >= 0.6 is 0 Å². The fourth-order valence-corrected chi connectivity index (χ4v) is 2.60. The van der Waals surface area contributed by atoms with E-state index in [1.54, 1.807) is 0 Å². The van der Waals surface area contributed by atoms with Gasteiger partial charge < -0.3 is 15.1 Å². The van der Waals surface area contributed by atoms with Crippen LogP contribution < -0.4 is 5.32 Å². The number of hydrogen-bond donors (Lipinski definition) is 1. The minimum Gasteiger partial charge on any atom is -0.352 e. The molecule has 1 N–H and O–H groups in total. The van der Waals surface area contributed by atoms with Crippen LogP contribution in [0.3, 0.4) is 0 Å². The molecule has 1 saturated heterocycles. The average molecular weight is 289 g/mol. The Hall–Kier alpha value is -1.39. The second-order valence-electron chi connectivity index (χ2n) is 5.83. The molecular weight excluding hydrogens is 262 g/mol. The summed E-state index contributed by atoms with van der Waals surface area (Å²) in [5, 5.41) is 2.98. The van der Waals surface area contributed by atoms with Crippen molar-refractivity contribution in [3.63, 3.8) is 0 Å². The van der Waals surface area contributed by atoms with Crippen LogP contribution in [-0.4, -0.2) is 62.0 Å². The predicted molar refractivity (Wildman–Crippen MR) is 86.6 cm³/mol. The van der Waals surface area contributed by atoms with Gasteiger partial charge in [0.15, 0.2) is 0 Å². The van der Waals surface area contributed by atoms with E-state index < -0.39 is 0 Å². The third-order valence-corrected chi connectivity index (χ3v) is 4.07. The molecule has 2 rings (SSSR count). The molecule has 1 aliphatic rings. The van der Waals surface area contributed by atoms with Crippen LogP contribution in [0.5, 0.6) is 0 Å². The molecular formula is C17H27N3O. The maximum atomic E-state index is 11.8. The van der Waals surface area contributed by atoms with Gasteiger partial charge in [-0.3, -0.25) is 4.79 Å². The molecule has 4 heteroatoms. The second-order valence-corrected chi connectivity index (χ2v) is 5.83. The summed E-state index contributed by atoms with van der Waals surface area (Å²) in [7, 11) is 2.19. The summed E-state index contributed by atoms with van der Waals surface area (Å²) < 4.78 is 0. The fourth-order valence-electron chi connectivity index (χ4n) is 2.60. The predicted octanol–water partition coefficient (Wildman–Crippen LogP) is 1.83. The zero-order chi connectivity index (χ0) is 14.9. The first kappa shape index (κ1) is 16.0. The Morgan fingerprint density at radius 2 is 1.76 bits per heavy atom. The van der Waals surface area contributed by atoms with Crippen LogP contribution in [0, 0.1) is 0 Å². The van der Waals surface area contributed by atoms with Gasteiger partial charge in [0.1, 0.15) is 0 Å². The molecule has 0 radical (unpaired) electrons. The number of carbonyl (C=O) groups excluding carboxylic acids is 1. The van der Waals surface area contributed by atoms with Gasteiger partial charge in [0, 0.05) is 38.3 Å². The van der Waals surface area contributed by atoms with Gasteiger partial charge in [-0.2, -0.15) is 0 Å². The topological polar surface area (TPSA) is 35.6 Å². The Morgan fingerprint density at radius 1 is 1.05 bits per heavy atom. The number of piperazine rings is 1. The van der Waals surface area contributed by atoms with Crippen LogP contribution in [0.4, 0.5) is 0 Å². The summed E-state index contributed by atoms with van der Waals surface area (Å²) in [6.45, 7) is 6.74. The molecule has 0 aliphatic carbocycles. The van der Waals surface area contributed by atoms with E-state index in [0.717, 1.165) is 18.5 Å². The van der Waals surface area contributed by atoms with Crippen molar-refractivity contribution in [3.8, 4) is 0 Å². The number of nitrogens with zero attached hydrogens (tertiary/aromatic N) is 2. The number of nitrogens with one attached hydrogen (secondary N) is 1. The van der Waals surface area contributed by atoms with E-state index in [9.17, 15) is 4.79 Å². The number of rotatable bonds is 7. The van der Waals surface area contributed by atoms with E-state index in [-0.39, 0.29) is 5.91 Å². The zero-order valence-electron chi connectivity index (χ0n) is 13.1. The zero-order valence-corrected chi connectivity index (χ0v) is 13.1. The molecule has 0 spiro atoms. The lowest BCUT2D eigenvalue weighted by molar-refractivity contribution is 0.0952. The van der Waals surface area contributed by atoms with Crippen LogP contribution in [0.15, 0.2) is 30.3 Å². The SMILES string of the molecule is CN1CCN(CCCCCNC(=O)c2ccccc2)CC1. The van der Waals surface area contributed by atoms with E-state index in [1.165, 1.54) is 45.6 Å². The van der Waals surface area contributed by atoms with Crippen molar-refractivity contribution in [2.24, 2.45) is 0 Å². The fraction of sp³-hybridized carbons (Fsp3) is 0.588. The molecule has 0 bridgehead atoms. The van der Waals surface area contributed by atoms with Crippen molar-refractivity contribution in [1.82, 2.24) is 15.1 Å². The van der Waals surface area contributed by atoms with Crippen molar-refractivity contribution in [2.45, 2.75) is 19.3 Å². The Bertz CT molecular complexity index is 413. The lowest BCUT2D eigenvalue weighted by Crippen LogP contribution is -2.44. The molecule has 1 aliphatic heterocycles. The maximum Gasteiger partial charge on any atom is 0.251 e. The van der Waals surface area contributed by atoms with E-state index in [0.29, 0.717) is 0 Å². The molecule has 1 heterocycles. The third kappa shape index (κ3) is 5.86. The van der Waals surface area contributed by atoms with E-state index in [1.807, 2.05) is 30.3 Å². The summed E-state index contributed by atoms with van der Waals surface area (Å²) in [5.41, 5.74) is 0.745. The Morgan fingerprint density at radius 3 is 2.48 bits per heavy atom. The number of hydrogen-bond acceptors (Lipinski definition) is 3. The van der Waals surface area contributed by atoms with Crippen LogP contribution in [0.1, 0.15) is 29.6 Å². The van der Waals surface area contributed by atoms with Gasteiger partial charge in [-0.05, 0) is 38.6 Å². The standard InChI is InChI=1S/C17H27N3O/c1-19-12-14-20(15-13-19)11-7-3-6-10-18-17(21)16-8-4-2-5-9-16/h2,4-5,8-9H,3,6-7,10-15H2,1H3,(H,18,21). The molecule has 21 heavy (non-hydrogen) atoms. The first-order valence-electron chi connectivity index (χ1n) is 8.00. The van der Waals surface area contributed by atoms with Crippen LogP contribution in [-0.2, 0) is 0 Å². The normalized spacial score (nSPS) is 16.8. The molecule has 1 aromatic rings. The highest BCUT2D eigenvalue weighted by Crippen LogP contribution is 2.03. The molecule has 1 fully saturated rings. The quantitative estimate of drug-likeness (QED) is 0.778. The van der Waals surface area contributed by atoms with Crippen molar-refractivity contribution < 1.29 is 4.79 Å². The maximum absolute atomic E-state index is 11.8. The van der Waals surface area contributed by atoms with Gasteiger partial charge in [0.25, 0.3) is 5.91 Å². The van der Waals surface area contributed by atoms with E-state index >= 15 is 0 Å². The molecule has 0 atom stereocenters. The largest absolute Gasteiger partial charge is 0.352 e. The number of carbonyl (C=O) groups is 1. The number of benzene rings is 1. The summed E-state index contributed by atoms with van der Waals surface area (Å²) >= 11 is 0. The summed E-state index contributed by atoms with van der Waals surface area (Å²) in [4.78, 5) is 16.8. The highest BCUT2D eigenvalue weighted by molar-refractivity contribution is 5.94. The van der Waals surface area contributed by atoms with Crippen molar-refractivity contribution in [2.75, 3.05) is 46.3 Å². The van der Waals surface area contributed by atoms with Gasteiger partial charge in [0.05, 0.1) is 0 Å². The monoisotopic (exact) mass is 289 g/mol. The number of likely N-dealkylation sites (N-methyl/N-ethyl adjacent to an activating group) is 1. The van der Waals surface area contributed by atoms with Crippen molar-refractivity contribution in [1.29, 1.82) is 0 Å². The average Bonchev–Trinajstić information content (AvgIpc) is 2.53. The highest BCUT2D eigenvalue weighted by atomic mass is 16.1. The van der Waals surface area contributed by atoms with E-state index in [4.69, 9.17) is 0 Å². The first-order valence-corrected chi connectivity index (χ1v) is 8.00. The summed E-state index contributed by atoms with van der Waals surface area (Å²) in [5.74, 6) is 0.0367. The van der Waals surface area contributed by atoms with Gasteiger partial charge in [-0.15, -0.1) is 0 Å². The summed E-state index contributed by atoms with van der Waals surface area (Å²) in [6.07, 6.45) is 3.47. The first-order chi connectivity index (χ1) is 10.3. The Kier molecular flexibility index (Phi) is 6.70. The second kappa shape index (κ2) is 8.80. The van der Waals surface area contributed by atoms with Gasteiger partial charge in [0.2, 0.25) is 0 Å². The van der Waals surface area contributed by atoms with Crippen LogP contribution in [0.25, 0.3) is 0 Å². The van der Waals surface area contributed by atoms with Crippen LogP contribution in [0.2, 0.25) is 0 Å². The van der Waals surface area contributed by atoms with Gasteiger partial charge in [-0.1, -0.05) is 24.6 Å². The highest BCUT2D eigenvalue weighted by Gasteiger charge is 2.12. The lowest BCUT2D eigenvalue weighted by atomic mass is 10.2. The Balaban J connectivity index is 1.49. The van der Waals surface area contributed by atoms with E-state index in [2.05, 4.69) is 22.2 Å². The molecule has 116 valence electrons. The van der Waals surface area contributed by atoms with Gasteiger partial charge >= 0.3 is 0 Å². The molecule has 1 amide bonds. The molecule has 0 saturated carbocycles. The molecule has 4 nitrogen and oxygen atoms in total. The van der Waals surface area contributed by atoms with Crippen molar-refractivity contribution >= 4 is 5.91 Å². The summed E-state index contributed by atoms with van der Waals surface area (Å²) in [6, 6.07) is 9.41. The smallest absolute Gasteiger partial charge is 0.251 e. The Labute approximate surface area is 128 Å². The molecule has 0 aromatic heterocycles. The van der Waals surface area contributed by atoms with Gasteiger partial charge in [-0.25, -0.2) is 0 Å². The minimum absolute atomic E-state index is 0.0367. The minimum atomic E-state index is 0.0367. The van der Waals surface area contributed by atoms with Crippen molar-refractivity contribution in [3.05, 3.63) is 35.9 Å². The number of amides is 1. The third-order valence-electron chi connectivity index (χ3n) is 4.07. The molecule has 1 aromatic carbocycles. The number of unbranched alkanes of at least 4 members (excludes halogenated alkanes) is 2.